The third-order valence-corrected chi connectivity index (χ3v) is 4.91. The van der Waals surface area contributed by atoms with Crippen LogP contribution < -0.4 is 16.0 Å². The van der Waals surface area contributed by atoms with Crippen LogP contribution in [0, 0.1) is 5.92 Å². The molecular formula is C22H28N4O. The van der Waals surface area contributed by atoms with E-state index in [1.807, 2.05) is 42.5 Å². The van der Waals surface area contributed by atoms with Crippen molar-refractivity contribution in [3.63, 3.8) is 0 Å². The molecule has 1 amide bonds. The van der Waals surface area contributed by atoms with Gasteiger partial charge in [-0.25, -0.2) is 0 Å². The van der Waals surface area contributed by atoms with E-state index in [0.29, 0.717) is 6.54 Å². The van der Waals surface area contributed by atoms with Gasteiger partial charge in [-0.2, -0.15) is 0 Å². The molecule has 0 aromatic heterocycles. The van der Waals surface area contributed by atoms with E-state index in [1.54, 1.807) is 7.05 Å². The Bertz CT molecular complexity index is 767. The number of anilines is 1. The van der Waals surface area contributed by atoms with Gasteiger partial charge in [-0.15, -0.1) is 0 Å². The van der Waals surface area contributed by atoms with Crippen LogP contribution in [0.25, 0.3) is 0 Å². The lowest BCUT2D eigenvalue weighted by Gasteiger charge is -2.14. The zero-order valence-electron chi connectivity index (χ0n) is 15.9. The van der Waals surface area contributed by atoms with Crippen molar-refractivity contribution < 1.29 is 4.79 Å². The van der Waals surface area contributed by atoms with Gasteiger partial charge in [0.2, 0.25) is 5.91 Å². The summed E-state index contributed by atoms with van der Waals surface area (Å²) in [5.41, 5.74) is 3.16. The average molecular weight is 364 g/mol. The first-order chi connectivity index (χ1) is 13.2. The van der Waals surface area contributed by atoms with Crippen LogP contribution in [-0.4, -0.2) is 18.9 Å². The van der Waals surface area contributed by atoms with Gasteiger partial charge in [-0.3, -0.25) is 9.79 Å². The number of hydrogen-bond donors (Lipinski definition) is 3. The van der Waals surface area contributed by atoms with Gasteiger partial charge in [0.15, 0.2) is 5.96 Å². The summed E-state index contributed by atoms with van der Waals surface area (Å²) in [6, 6.07) is 18.2. The van der Waals surface area contributed by atoms with Crippen LogP contribution in [0.15, 0.2) is 59.6 Å². The summed E-state index contributed by atoms with van der Waals surface area (Å²) in [6.07, 6.45) is 4.35. The van der Waals surface area contributed by atoms with Gasteiger partial charge < -0.3 is 16.0 Å². The Morgan fingerprint density at radius 1 is 0.963 bits per heavy atom. The Hall–Kier alpha value is -2.82. The summed E-state index contributed by atoms with van der Waals surface area (Å²) in [7, 11) is 1.76. The Morgan fingerprint density at radius 2 is 1.63 bits per heavy atom. The summed E-state index contributed by atoms with van der Waals surface area (Å²) in [4.78, 5) is 16.6. The smallest absolute Gasteiger partial charge is 0.227 e. The van der Waals surface area contributed by atoms with Crippen LogP contribution >= 0.6 is 0 Å². The SMILES string of the molecule is CN=C(NCc1ccccc1)NCc1cccc(NC(=O)C2CCCC2)c1. The van der Waals surface area contributed by atoms with E-state index in [9.17, 15) is 4.79 Å². The molecule has 5 nitrogen and oxygen atoms in total. The Morgan fingerprint density at radius 3 is 2.33 bits per heavy atom. The molecule has 27 heavy (non-hydrogen) atoms. The van der Waals surface area contributed by atoms with E-state index < -0.39 is 0 Å². The van der Waals surface area contributed by atoms with E-state index in [-0.39, 0.29) is 11.8 Å². The third-order valence-electron chi connectivity index (χ3n) is 4.91. The maximum Gasteiger partial charge on any atom is 0.227 e. The molecule has 0 unspecified atom stereocenters. The fraction of sp³-hybridized carbons (Fsp3) is 0.364. The number of guanidine groups is 1. The van der Waals surface area contributed by atoms with E-state index in [1.165, 1.54) is 5.56 Å². The van der Waals surface area contributed by atoms with Crippen molar-refractivity contribution in [1.82, 2.24) is 10.6 Å². The van der Waals surface area contributed by atoms with Crippen molar-refractivity contribution >= 4 is 17.6 Å². The minimum absolute atomic E-state index is 0.151. The van der Waals surface area contributed by atoms with Crippen molar-refractivity contribution in [3.8, 4) is 0 Å². The zero-order chi connectivity index (χ0) is 18.9. The highest BCUT2D eigenvalue weighted by Gasteiger charge is 2.22. The van der Waals surface area contributed by atoms with Gasteiger partial charge in [-0.05, 0) is 36.1 Å². The molecule has 1 saturated carbocycles. The molecule has 0 aliphatic heterocycles. The highest BCUT2D eigenvalue weighted by Crippen LogP contribution is 2.26. The van der Waals surface area contributed by atoms with Crippen molar-refractivity contribution in [1.29, 1.82) is 0 Å². The van der Waals surface area contributed by atoms with Crippen LogP contribution in [0.1, 0.15) is 36.8 Å². The maximum atomic E-state index is 12.3. The minimum Gasteiger partial charge on any atom is -0.352 e. The van der Waals surface area contributed by atoms with Crippen molar-refractivity contribution in [2.75, 3.05) is 12.4 Å². The molecular weight excluding hydrogens is 336 g/mol. The number of amides is 1. The van der Waals surface area contributed by atoms with Crippen LogP contribution in [0.4, 0.5) is 5.69 Å². The van der Waals surface area contributed by atoms with Crippen LogP contribution in [0.2, 0.25) is 0 Å². The van der Waals surface area contributed by atoms with Gasteiger partial charge >= 0.3 is 0 Å². The highest BCUT2D eigenvalue weighted by molar-refractivity contribution is 5.92. The molecule has 0 saturated heterocycles. The molecule has 0 spiro atoms. The number of carbonyl (C=O) groups is 1. The molecule has 0 atom stereocenters. The van der Waals surface area contributed by atoms with Crippen LogP contribution in [0.3, 0.4) is 0 Å². The Kier molecular flexibility index (Phi) is 6.85. The monoisotopic (exact) mass is 364 g/mol. The van der Waals surface area contributed by atoms with Gasteiger partial charge in [0.25, 0.3) is 0 Å². The summed E-state index contributed by atoms with van der Waals surface area (Å²) >= 11 is 0. The second kappa shape index (κ2) is 9.76. The largest absolute Gasteiger partial charge is 0.352 e. The molecule has 0 heterocycles. The normalized spacial score (nSPS) is 14.8. The van der Waals surface area contributed by atoms with Gasteiger partial charge in [0.1, 0.15) is 0 Å². The zero-order valence-corrected chi connectivity index (χ0v) is 15.9. The summed E-state index contributed by atoms with van der Waals surface area (Å²) in [5.74, 6) is 1.07. The number of rotatable bonds is 6. The quantitative estimate of drug-likeness (QED) is 0.541. The number of nitrogens with one attached hydrogen (secondary N) is 3. The standard InChI is InChI=1S/C22H28N4O/c1-23-22(24-15-17-8-3-2-4-9-17)25-16-18-10-7-13-20(14-18)26-21(27)19-11-5-6-12-19/h2-4,7-10,13-14,19H,5-6,11-12,15-16H2,1H3,(H,26,27)(H2,23,24,25). The number of benzene rings is 2. The second-order valence-corrected chi connectivity index (χ2v) is 6.94. The lowest BCUT2D eigenvalue weighted by atomic mass is 10.1. The first-order valence-corrected chi connectivity index (χ1v) is 9.63. The predicted molar refractivity (Wildman–Crippen MR) is 111 cm³/mol. The third kappa shape index (κ3) is 5.84. The molecule has 0 bridgehead atoms. The Balaban J connectivity index is 1.50. The first-order valence-electron chi connectivity index (χ1n) is 9.63. The van der Waals surface area contributed by atoms with Gasteiger partial charge in [0.05, 0.1) is 0 Å². The summed E-state index contributed by atoms with van der Waals surface area (Å²) < 4.78 is 0. The molecule has 3 rings (SSSR count). The lowest BCUT2D eigenvalue weighted by molar-refractivity contribution is -0.119. The van der Waals surface area contributed by atoms with Crippen molar-refractivity contribution in [2.45, 2.75) is 38.8 Å². The van der Waals surface area contributed by atoms with E-state index in [0.717, 1.165) is 49.4 Å². The predicted octanol–water partition coefficient (Wildman–Crippen LogP) is 3.68. The molecule has 2 aromatic carbocycles. The molecule has 1 fully saturated rings. The molecule has 5 heteroatoms. The van der Waals surface area contributed by atoms with Crippen molar-refractivity contribution in [3.05, 3.63) is 65.7 Å². The van der Waals surface area contributed by atoms with E-state index in [4.69, 9.17) is 0 Å². The number of hydrogen-bond acceptors (Lipinski definition) is 2. The molecule has 142 valence electrons. The van der Waals surface area contributed by atoms with Gasteiger partial charge in [-0.1, -0.05) is 55.3 Å². The summed E-state index contributed by atoms with van der Waals surface area (Å²) in [5, 5.41) is 9.69. The number of carbonyl (C=O) groups excluding carboxylic acids is 1. The molecule has 0 radical (unpaired) electrons. The topological polar surface area (TPSA) is 65.5 Å². The average Bonchev–Trinajstić information content (AvgIpc) is 3.24. The number of nitrogens with zero attached hydrogens (tertiary/aromatic N) is 1. The lowest BCUT2D eigenvalue weighted by Crippen LogP contribution is -2.36. The van der Waals surface area contributed by atoms with E-state index in [2.05, 4.69) is 33.1 Å². The van der Waals surface area contributed by atoms with Crippen LogP contribution in [0.5, 0.6) is 0 Å². The van der Waals surface area contributed by atoms with Crippen LogP contribution in [-0.2, 0) is 17.9 Å². The minimum atomic E-state index is 0.151. The molecule has 2 aromatic rings. The first kappa shape index (κ1) is 19.0. The second-order valence-electron chi connectivity index (χ2n) is 6.94. The molecule has 1 aliphatic carbocycles. The Labute approximate surface area is 161 Å². The highest BCUT2D eigenvalue weighted by atomic mass is 16.1. The van der Waals surface area contributed by atoms with Gasteiger partial charge in [0, 0.05) is 31.7 Å². The molecule has 3 N–H and O–H groups in total. The fourth-order valence-electron chi connectivity index (χ4n) is 3.38. The van der Waals surface area contributed by atoms with Crippen molar-refractivity contribution in [2.24, 2.45) is 10.9 Å². The fourth-order valence-corrected chi connectivity index (χ4v) is 3.38. The van der Waals surface area contributed by atoms with E-state index >= 15 is 0 Å². The summed E-state index contributed by atoms with van der Waals surface area (Å²) in [6.45, 7) is 1.36. The molecule has 1 aliphatic rings. The maximum absolute atomic E-state index is 12.3. The number of aliphatic imine (C=N–C) groups is 1.